The van der Waals surface area contributed by atoms with Gasteiger partial charge in [-0.3, -0.25) is 4.79 Å². The van der Waals surface area contributed by atoms with Gasteiger partial charge in [-0.15, -0.1) is 0 Å². The van der Waals surface area contributed by atoms with E-state index >= 15 is 0 Å². The van der Waals surface area contributed by atoms with E-state index in [9.17, 15) is 4.79 Å². The van der Waals surface area contributed by atoms with Gasteiger partial charge in [0.05, 0.1) is 11.4 Å². The molecule has 2 N–H and O–H groups in total. The molecule has 0 fully saturated rings. The van der Waals surface area contributed by atoms with Crippen molar-refractivity contribution in [1.82, 2.24) is 14.7 Å². The van der Waals surface area contributed by atoms with Crippen molar-refractivity contribution in [2.75, 3.05) is 14.1 Å². The van der Waals surface area contributed by atoms with Gasteiger partial charge >= 0.3 is 0 Å². The number of rotatable bonds is 4. The Bertz CT molecular complexity index is 663. The maximum absolute atomic E-state index is 11.7. The first kappa shape index (κ1) is 16.2. The van der Waals surface area contributed by atoms with Crippen LogP contribution in [0.3, 0.4) is 0 Å². The van der Waals surface area contributed by atoms with E-state index in [1.165, 1.54) is 5.56 Å². The van der Waals surface area contributed by atoms with E-state index in [1.54, 1.807) is 10.7 Å². The minimum atomic E-state index is -0.472. The fourth-order valence-electron chi connectivity index (χ4n) is 2.23. The van der Waals surface area contributed by atoms with Crippen LogP contribution in [-0.4, -0.2) is 34.7 Å². The lowest BCUT2D eigenvalue weighted by molar-refractivity contribution is 0.0993. The highest BCUT2D eigenvalue weighted by molar-refractivity contribution is 5.91. The third kappa shape index (κ3) is 3.54. The molecule has 0 radical (unpaired) electrons. The molecule has 1 aromatic carbocycles. The van der Waals surface area contributed by atoms with Crippen LogP contribution in [0, 0.1) is 0 Å². The lowest BCUT2D eigenvalue weighted by Gasteiger charge is -2.14. The average molecular weight is 300 g/mol. The van der Waals surface area contributed by atoms with Gasteiger partial charge in [0.1, 0.15) is 5.69 Å². The molecule has 0 aliphatic carbocycles. The van der Waals surface area contributed by atoms with E-state index < -0.39 is 5.91 Å². The van der Waals surface area contributed by atoms with E-state index in [1.807, 2.05) is 38.4 Å². The smallest absolute Gasteiger partial charge is 0.267 e. The number of hydrogen-bond acceptors (Lipinski definition) is 3. The normalized spacial score (nSPS) is 11.9. The highest BCUT2D eigenvalue weighted by Crippen LogP contribution is 2.23. The third-order valence-corrected chi connectivity index (χ3v) is 3.41. The topological polar surface area (TPSA) is 64.2 Å². The average Bonchev–Trinajstić information content (AvgIpc) is 2.84. The number of carbonyl (C=O) groups excluding carboxylic acids is 1. The summed E-state index contributed by atoms with van der Waals surface area (Å²) in [6, 6.07) is 9.78. The van der Waals surface area contributed by atoms with Crippen LogP contribution in [0.15, 0.2) is 30.3 Å². The number of aromatic nitrogens is 2. The minimum absolute atomic E-state index is 0.139. The van der Waals surface area contributed by atoms with Crippen LogP contribution in [0.5, 0.6) is 0 Å². The standard InChI is InChI=1S/C17H24N4O/c1-17(2,3)15-10-14(16(18)22)21(19-15)13-8-6-12(7-9-13)11-20(4)5/h6-10H,11H2,1-5H3,(H2,18,22). The summed E-state index contributed by atoms with van der Waals surface area (Å²) < 4.78 is 1.63. The van der Waals surface area contributed by atoms with Crippen LogP contribution >= 0.6 is 0 Å². The van der Waals surface area contributed by atoms with Crippen LogP contribution in [-0.2, 0) is 12.0 Å². The lowest BCUT2D eigenvalue weighted by atomic mass is 9.92. The Kier molecular flexibility index (Phi) is 4.37. The largest absolute Gasteiger partial charge is 0.364 e. The molecule has 0 aliphatic rings. The van der Waals surface area contributed by atoms with Gasteiger partial charge in [0.2, 0.25) is 0 Å². The monoisotopic (exact) mass is 300 g/mol. The number of primary amides is 1. The first-order chi connectivity index (χ1) is 10.2. The molecule has 1 heterocycles. The molecule has 5 nitrogen and oxygen atoms in total. The van der Waals surface area contributed by atoms with Crippen LogP contribution in [0.25, 0.3) is 5.69 Å². The molecule has 1 amide bonds. The summed E-state index contributed by atoms with van der Waals surface area (Å²) in [4.78, 5) is 13.8. The zero-order chi connectivity index (χ0) is 16.5. The Morgan fingerprint density at radius 3 is 2.27 bits per heavy atom. The van der Waals surface area contributed by atoms with Gasteiger partial charge in [0.25, 0.3) is 5.91 Å². The van der Waals surface area contributed by atoms with Gasteiger partial charge in [-0.1, -0.05) is 32.9 Å². The van der Waals surface area contributed by atoms with Crippen molar-refractivity contribution in [2.24, 2.45) is 5.73 Å². The molecule has 2 aromatic rings. The highest BCUT2D eigenvalue weighted by Gasteiger charge is 2.22. The van der Waals surface area contributed by atoms with Crippen LogP contribution in [0.4, 0.5) is 0 Å². The van der Waals surface area contributed by atoms with Gasteiger partial charge in [-0.2, -0.15) is 5.10 Å². The number of amides is 1. The Morgan fingerprint density at radius 2 is 1.82 bits per heavy atom. The van der Waals surface area contributed by atoms with E-state index in [4.69, 9.17) is 5.73 Å². The second-order valence-electron chi connectivity index (χ2n) is 6.85. The fraction of sp³-hybridized carbons (Fsp3) is 0.412. The molecular formula is C17H24N4O. The van der Waals surface area contributed by atoms with Gasteiger partial charge in [0.15, 0.2) is 0 Å². The molecule has 22 heavy (non-hydrogen) atoms. The predicted octanol–water partition coefficient (Wildman–Crippen LogP) is 2.33. The summed E-state index contributed by atoms with van der Waals surface area (Å²) in [6.45, 7) is 7.05. The Hall–Kier alpha value is -2.14. The Morgan fingerprint density at radius 1 is 1.23 bits per heavy atom. The van der Waals surface area contributed by atoms with E-state index in [-0.39, 0.29) is 5.41 Å². The van der Waals surface area contributed by atoms with Crippen molar-refractivity contribution in [3.05, 3.63) is 47.3 Å². The summed E-state index contributed by atoms with van der Waals surface area (Å²) in [5, 5.41) is 4.57. The molecule has 0 bridgehead atoms. The second kappa shape index (κ2) is 5.93. The lowest BCUT2D eigenvalue weighted by Crippen LogP contribution is -2.17. The molecule has 5 heteroatoms. The highest BCUT2D eigenvalue weighted by atomic mass is 16.1. The number of hydrogen-bond donors (Lipinski definition) is 1. The second-order valence-corrected chi connectivity index (χ2v) is 6.85. The molecule has 118 valence electrons. The van der Waals surface area contributed by atoms with Crippen LogP contribution in [0.2, 0.25) is 0 Å². The van der Waals surface area contributed by atoms with Gasteiger partial charge in [-0.05, 0) is 37.9 Å². The quantitative estimate of drug-likeness (QED) is 0.942. The number of nitrogens with two attached hydrogens (primary N) is 1. The van der Waals surface area contributed by atoms with E-state index in [2.05, 4.69) is 30.8 Å². The van der Waals surface area contributed by atoms with Gasteiger partial charge < -0.3 is 10.6 Å². The summed E-state index contributed by atoms with van der Waals surface area (Å²) in [5.41, 5.74) is 8.66. The summed E-state index contributed by atoms with van der Waals surface area (Å²) >= 11 is 0. The number of nitrogens with zero attached hydrogens (tertiary/aromatic N) is 3. The molecule has 0 spiro atoms. The van der Waals surface area contributed by atoms with Crippen molar-refractivity contribution < 1.29 is 4.79 Å². The van der Waals surface area contributed by atoms with Crippen LogP contribution < -0.4 is 5.73 Å². The first-order valence-electron chi connectivity index (χ1n) is 7.33. The number of carbonyl (C=O) groups is 1. The SMILES string of the molecule is CN(C)Cc1ccc(-n2nc(C(C)(C)C)cc2C(N)=O)cc1. The first-order valence-corrected chi connectivity index (χ1v) is 7.33. The summed E-state index contributed by atoms with van der Waals surface area (Å²) in [6.07, 6.45) is 0. The molecule has 1 aromatic heterocycles. The maximum atomic E-state index is 11.7. The number of benzene rings is 1. The predicted molar refractivity (Wildman–Crippen MR) is 88.2 cm³/mol. The molecule has 2 rings (SSSR count). The zero-order valence-corrected chi connectivity index (χ0v) is 13.9. The third-order valence-electron chi connectivity index (χ3n) is 3.41. The van der Waals surface area contributed by atoms with Crippen molar-refractivity contribution in [1.29, 1.82) is 0 Å². The molecular weight excluding hydrogens is 276 g/mol. The van der Waals surface area contributed by atoms with E-state index in [0.717, 1.165) is 17.9 Å². The molecule has 0 aliphatic heterocycles. The Balaban J connectivity index is 2.43. The minimum Gasteiger partial charge on any atom is -0.364 e. The van der Waals surface area contributed by atoms with Gasteiger partial charge in [0, 0.05) is 12.0 Å². The molecule has 0 unspecified atom stereocenters. The molecule has 0 saturated heterocycles. The van der Waals surface area contributed by atoms with E-state index in [0.29, 0.717) is 5.69 Å². The summed E-state index contributed by atoms with van der Waals surface area (Å²) in [7, 11) is 4.06. The maximum Gasteiger partial charge on any atom is 0.267 e. The van der Waals surface area contributed by atoms with Crippen molar-refractivity contribution >= 4 is 5.91 Å². The molecule has 0 atom stereocenters. The van der Waals surface area contributed by atoms with Crippen molar-refractivity contribution in [3.8, 4) is 5.69 Å². The molecule has 0 saturated carbocycles. The van der Waals surface area contributed by atoms with Crippen molar-refractivity contribution in [2.45, 2.75) is 32.7 Å². The Labute approximate surface area is 131 Å². The fourth-order valence-corrected chi connectivity index (χ4v) is 2.23. The van der Waals surface area contributed by atoms with Crippen molar-refractivity contribution in [3.63, 3.8) is 0 Å². The van der Waals surface area contributed by atoms with Gasteiger partial charge in [-0.25, -0.2) is 4.68 Å². The zero-order valence-electron chi connectivity index (χ0n) is 13.9. The summed E-state index contributed by atoms with van der Waals surface area (Å²) in [5.74, 6) is -0.472. The van der Waals surface area contributed by atoms with Crippen LogP contribution in [0.1, 0.15) is 42.5 Å².